The first-order valence-corrected chi connectivity index (χ1v) is 6.47. The van der Waals surface area contributed by atoms with Crippen molar-refractivity contribution in [2.75, 3.05) is 11.9 Å². The van der Waals surface area contributed by atoms with Gasteiger partial charge >= 0.3 is 0 Å². The number of benzene rings is 2. The van der Waals surface area contributed by atoms with E-state index >= 15 is 0 Å². The average Bonchev–Trinajstić information content (AvgIpc) is 2.48. The zero-order valence-electron chi connectivity index (χ0n) is 11.9. The minimum Gasteiger partial charge on any atom is -0.365 e. The van der Waals surface area contributed by atoms with E-state index in [1.54, 1.807) is 18.0 Å². The maximum atomic E-state index is 11.1. The van der Waals surface area contributed by atoms with Crippen molar-refractivity contribution in [3.05, 3.63) is 69.3 Å². The van der Waals surface area contributed by atoms with Gasteiger partial charge in [0.2, 0.25) is 0 Å². The molecule has 106 valence electrons. The van der Waals surface area contributed by atoms with E-state index in [0.29, 0.717) is 17.8 Å². The molecule has 0 spiro atoms. The van der Waals surface area contributed by atoms with Crippen LogP contribution >= 0.6 is 0 Å². The molecule has 0 aliphatic carbocycles. The molecular formula is C16H15N3O2. The molecule has 0 saturated carbocycles. The molecule has 0 heterocycles. The van der Waals surface area contributed by atoms with Crippen LogP contribution in [0.15, 0.2) is 42.5 Å². The van der Waals surface area contributed by atoms with Crippen LogP contribution in [-0.2, 0) is 6.54 Å². The summed E-state index contributed by atoms with van der Waals surface area (Å²) in [6, 6.07) is 14.3. The molecule has 2 rings (SSSR count). The van der Waals surface area contributed by atoms with Gasteiger partial charge in [-0.05, 0) is 30.2 Å². The molecule has 0 bridgehead atoms. The lowest BCUT2D eigenvalue weighted by molar-refractivity contribution is -0.384. The molecular weight excluding hydrogens is 266 g/mol. The van der Waals surface area contributed by atoms with Gasteiger partial charge in [-0.25, -0.2) is 0 Å². The molecule has 5 heteroatoms. The van der Waals surface area contributed by atoms with E-state index in [1.165, 1.54) is 12.1 Å². The Balaban J connectivity index is 2.38. The van der Waals surface area contributed by atoms with Gasteiger partial charge in [-0.1, -0.05) is 24.3 Å². The minimum atomic E-state index is -0.426. The summed E-state index contributed by atoms with van der Waals surface area (Å²) in [5, 5.41) is 20.1. The van der Waals surface area contributed by atoms with Crippen LogP contribution in [-0.4, -0.2) is 12.0 Å². The number of hydrogen-bond acceptors (Lipinski definition) is 4. The van der Waals surface area contributed by atoms with Crippen molar-refractivity contribution in [1.82, 2.24) is 0 Å². The average molecular weight is 281 g/mol. The van der Waals surface area contributed by atoms with Crippen LogP contribution in [0.3, 0.4) is 0 Å². The highest BCUT2D eigenvalue weighted by molar-refractivity contribution is 5.65. The van der Waals surface area contributed by atoms with Crippen molar-refractivity contribution in [3.8, 4) is 6.07 Å². The Morgan fingerprint density at radius 2 is 2.00 bits per heavy atom. The van der Waals surface area contributed by atoms with Crippen LogP contribution in [0.1, 0.15) is 16.7 Å². The molecule has 2 aromatic carbocycles. The second kappa shape index (κ2) is 6.06. The number of nitro benzene ring substituents is 1. The van der Waals surface area contributed by atoms with Crippen molar-refractivity contribution in [2.45, 2.75) is 13.5 Å². The van der Waals surface area contributed by atoms with Gasteiger partial charge in [0, 0.05) is 19.7 Å². The molecule has 0 fully saturated rings. The second-order valence-electron chi connectivity index (χ2n) is 4.85. The maximum absolute atomic E-state index is 11.1. The molecule has 0 aliphatic heterocycles. The molecule has 0 N–H and O–H groups in total. The molecule has 2 aromatic rings. The molecule has 0 unspecified atom stereocenters. The molecule has 0 atom stereocenters. The third-order valence-corrected chi connectivity index (χ3v) is 3.38. The Kier molecular flexibility index (Phi) is 4.19. The normalized spacial score (nSPS) is 9.95. The lowest BCUT2D eigenvalue weighted by Gasteiger charge is -2.20. The molecule has 0 amide bonds. The zero-order chi connectivity index (χ0) is 15.4. The van der Waals surface area contributed by atoms with Crippen LogP contribution in [0.2, 0.25) is 0 Å². The van der Waals surface area contributed by atoms with E-state index in [9.17, 15) is 10.1 Å². The van der Waals surface area contributed by atoms with Gasteiger partial charge in [0.25, 0.3) is 5.69 Å². The Morgan fingerprint density at radius 3 is 2.62 bits per heavy atom. The highest BCUT2D eigenvalue weighted by atomic mass is 16.6. The van der Waals surface area contributed by atoms with E-state index in [0.717, 1.165) is 11.1 Å². The van der Waals surface area contributed by atoms with Gasteiger partial charge in [0.1, 0.15) is 5.69 Å². The van der Waals surface area contributed by atoms with Crippen molar-refractivity contribution in [3.63, 3.8) is 0 Å². The minimum absolute atomic E-state index is 0.00471. The number of nitrogens with zero attached hydrogens (tertiary/aromatic N) is 3. The fourth-order valence-corrected chi connectivity index (χ4v) is 2.18. The molecule has 21 heavy (non-hydrogen) atoms. The number of aryl methyl sites for hydroxylation is 1. The summed E-state index contributed by atoms with van der Waals surface area (Å²) >= 11 is 0. The van der Waals surface area contributed by atoms with Crippen LogP contribution in [0, 0.1) is 28.4 Å². The summed E-state index contributed by atoms with van der Waals surface area (Å²) in [5.41, 5.74) is 3.08. The summed E-state index contributed by atoms with van der Waals surface area (Å²) < 4.78 is 0. The molecule has 0 radical (unpaired) electrons. The largest absolute Gasteiger partial charge is 0.365 e. The second-order valence-corrected chi connectivity index (χ2v) is 4.85. The Hall–Kier alpha value is -2.87. The number of anilines is 1. The van der Waals surface area contributed by atoms with Crippen LogP contribution in [0.4, 0.5) is 11.4 Å². The molecule has 0 aromatic heterocycles. The highest BCUT2D eigenvalue weighted by Crippen LogP contribution is 2.29. The third kappa shape index (κ3) is 3.18. The van der Waals surface area contributed by atoms with Crippen LogP contribution in [0.25, 0.3) is 0 Å². The quantitative estimate of drug-likeness (QED) is 0.636. The van der Waals surface area contributed by atoms with E-state index < -0.39 is 4.92 Å². The first kappa shape index (κ1) is 14.5. The van der Waals surface area contributed by atoms with Crippen LogP contribution < -0.4 is 4.90 Å². The molecule has 5 nitrogen and oxygen atoms in total. The number of nitro groups is 1. The van der Waals surface area contributed by atoms with Gasteiger partial charge in [0.05, 0.1) is 16.6 Å². The first-order valence-electron chi connectivity index (χ1n) is 6.47. The number of rotatable bonds is 4. The summed E-state index contributed by atoms with van der Waals surface area (Å²) in [4.78, 5) is 12.5. The van der Waals surface area contributed by atoms with Gasteiger partial charge < -0.3 is 4.90 Å². The predicted octanol–water partition coefficient (Wildman–Crippen LogP) is 3.41. The smallest absolute Gasteiger partial charge is 0.292 e. The Morgan fingerprint density at radius 1 is 1.29 bits per heavy atom. The highest BCUT2D eigenvalue weighted by Gasteiger charge is 2.18. The maximum Gasteiger partial charge on any atom is 0.292 e. The summed E-state index contributed by atoms with van der Waals surface area (Å²) in [5.74, 6) is 0. The summed E-state index contributed by atoms with van der Waals surface area (Å²) in [7, 11) is 1.79. The molecule has 0 saturated heterocycles. The van der Waals surface area contributed by atoms with Crippen LogP contribution in [0.5, 0.6) is 0 Å². The SMILES string of the molecule is Cc1ccccc1CN(C)c1cc(C#N)ccc1[N+](=O)[O-]. The van der Waals surface area contributed by atoms with E-state index in [4.69, 9.17) is 5.26 Å². The standard InChI is InChI=1S/C16H15N3O2/c1-12-5-3-4-6-14(12)11-18(2)16-9-13(10-17)7-8-15(16)19(20)21/h3-9H,11H2,1-2H3. The summed E-state index contributed by atoms with van der Waals surface area (Å²) in [6.45, 7) is 2.55. The van der Waals surface area contributed by atoms with Gasteiger partial charge in [-0.3, -0.25) is 10.1 Å². The zero-order valence-corrected chi connectivity index (χ0v) is 11.9. The Bertz CT molecular complexity index is 720. The first-order chi connectivity index (χ1) is 10.0. The lowest BCUT2D eigenvalue weighted by atomic mass is 10.1. The Labute approximate surface area is 123 Å². The third-order valence-electron chi connectivity index (χ3n) is 3.38. The van der Waals surface area contributed by atoms with Gasteiger partial charge in [-0.2, -0.15) is 5.26 Å². The monoisotopic (exact) mass is 281 g/mol. The summed E-state index contributed by atoms with van der Waals surface area (Å²) in [6.07, 6.45) is 0. The van der Waals surface area contributed by atoms with Crippen molar-refractivity contribution in [1.29, 1.82) is 5.26 Å². The lowest BCUT2D eigenvalue weighted by Crippen LogP contribution is -2.18. The fraction of sp³-hybridized carbons (Fsp3) is 0.188. The predicted molar refractivity (Wildman–Crippen MR) is 81.1 cm³/mol. The van der Waals surface area contributed by atoms with E-state index in [1.807, 2.05) is 37.3 Å². The van der Waals surface area contributed by atoms with Gasteiger partial charge in [0.15, 0.2) is 0 Å². The number of hydrogen-bond donors (Lipinski definition) is 0. The van der Waals surface area contributed by atoms with E-state index in [2.05, 4.69) is 0 Å². The van der Waals surface area contributed by atoms with Gasteiger partial charge in [-0.15, -0.1) is 0 Å². The van der Waals surface area contributed by atoms with E-state index in [-0.39, 0.29) is 5.69 Å². The molecule has 0 aliphatic rings. The topological polar surface area (TPSA) is 70.2 Å². The fourth-order valence-electron chi connectivity index (χ4n) is 2.18. The van der Waals surface area contributed by atoms with Crippen molar-refractivity contribution >= 4 is 11.4 Å². The van der Waals surface area contributed by atoms with Crippen molar-refractivity contribution < 1.29 is 4.92 Å². The van der Waals surface area contributed by atoms with Crippen molar-refractivity contribution in [2.24, 2.45) is 0 Å². The number of nitriles is 1.